The third-order valence-corrected chi connectivity index (χ3v) is 3.53. The van der Waals surface area contributed by atoms with Crippen molar-refractivity contribution in [3.63, 3.8) is 0 Å². The van der Waals surface area contributed by atoms with Crippen LogP contribution in [0.25, 0.3) is 0 Å². The van der Waals surface area contributed by atoms with Gasteiger partial charge in [0, 0.05) is 12.1 Å². The van der Waals surface area contributed by atoms with Crippen LogP contribution in [-0.4, -0.2) is 35.6 Å². The van der Waals surface area contributed by atoms with Gasteiger partial charge in [-0.1, -0.05) is 20.4 Å². The number of nitrogens with zero attached hydrogens (tertiary/aromatic N) is 1. The van der Waals surface area contributed by atoms with E-state index in [0.29, 0.717) is 12.1 Å². The van der Waals surface area contributed by atoms with Crippen LogP contribution in [0.2, 0.25) is 0 Å². The quantitative estimate of drug-likeness (QED) is 0.747. The molecular weight excluding hydrogens is 202 g/mol. The molecule has 1 N–H and O–H groups in total. The average Bonchev–Trinajstić information content (AvgIpc) is 2.43. The van der Waals surface area contributed by atoms with Crippen LogP contribution in [0, 0.1) is 11.8 Å². The highest BCUT2D eigenvalue weighted by molar-refractivity contribution is 5.86. The zero-order valence-electron chi connectivity index (χ0n) is 10.4. The van der Waals surface area contributed by atoms with E-state index in [4.69, 9.17) is 5.11 Å². The number of hydrogen-bond donors (Lipinski definition) is 1. The number of carboxylic acids is 1. The molecule has 0 aromatic rings. The smallest absolute Gasteiger partial charge is 0.332 e. The first kappa shape index (κ1) is 13.2. The number of hydrogen-bond acceptors (Lipinski definition) is 2. The standard InChI is InChI=1S/C13H23NO2/c1-10(2)12-5-4-7-14(8-6-12)9-11(3)13(15)16/h10,12H,3-9H2,1-2H3,(H,15,16). The lowest BCUT2D eigenvalue weighted by Gasteiger charge is -2.21. The summed E-state index contributed by atoms with van der Waals surface area (Å²) in [5.74, 6) is 0.662. The van der Waals surface area contributed by atoms with Gasteiger partial charge in [-0.15, -0.1) is 0 Å². The second kappa shape index (κ2) is 6.04. The molecule has 3 heteroatoms. The molecule has 16 heavy (non-hydrogen) atoms. The van der Waals surface area contributed by atoms with Crippen LogP contribution >= 0.6 is 0 Å². The molecule has 0 saturated carbocycles. The van der Waals surface area contributed by atoms with Gasteiger partial charge in [-0.05, 0) is 44.2 Å². The molecule has 0 bridgehead atoms. The Morgan fingerprint density at radius 2 is 2.12 bits per heavy atom. The Balaban J connectivity index is 2.41. The van der Waals surface area contributed by atoms with Crippen molar-refractivity contribution in [3.8, 4) is 0 Å². The van der Waals surface area contributed by atoms with Gasteiger partial charge in [0.15, 0.2) is 0 Å². The van der Waals surface area contributed by atoms with Gasteiger partial charge in [-0.2, -0.15) is 0 Å². The van der Waals surface area contributed by atoms with Crippen molar-refractivity contribution in [2.45, 2.75) is 33.1 Å². The van der Waals surface area contributed by atoms with Gasteiger partial charge in [0.2, 0.25) is 0 Å². The molecule has 0 radical (unpaired) electrons. The van der Waals surface area contributed by atoms with Crippen molar-refractivity contribution < 1.29 is 9.90 Å². The van der Waals surface area contributed by atoms with E-state index in [1.54, 1.807) is 0 Å². The highest BCUT2D eigenvalue weighted by Crippen LogP contribution is 2.24. The fraction of sp³-hybridized carbons (Fsp3) is 0.769. The molecule has 1 heterocycles. The molecule has 1 rings (SSSR count). The maximum Gasteiger partial charge on any atom is 0.332 e. The second-order valence-electron chi connectivity index (χ2n) is 5.12. The average molecular weight is 225 g/mol. The predicted octanol–water partition coefficient (Wildman–Crippen LogP) is 2.39. The molecule has 1 saturated heterocycles. The first-order valence-electron chi connectivity index (χ1n) is 6.14. The van der Waals surface area contributed by atoms with Crippen molar-refractivity contribution in [2.24, 2.45) is 11.8 Å². The number of carbonyl (C=O) groups is 1. The van der Waals surface area contributed by atoms with Gasteiger partial charge in [-0.3, -0.25) is 4.90 Å². The summed E-state index contributed by atoms with van der Waals surface area (Å²) >= 11 is 0. The molecule has 0 spiro atoms. The SMILES string of the molecule is C=C(CN1CCCC(C(C)C)CC1)C(=O)O. The van der Waals surface area contributed by atoms with Crippen LogP contribution in [0.3, 0.4) is 0 Å². The van der Waals surface area contributed by atoms with E-state index in [-0.39, 0.29) is 0 Å². The minimum absolute atomic E-state index is 0.308. The van der Waals surface area contributed by atoms with E-state index < -0.39 is 5.97 Å². The molecule has 0 aromatic carbocycles. The summed E-state index contributed by atoms with van der Waals surface area (Å²) in [7, 11) is 0. The van der Waals surface area contributed by atoms with E-state index in [0.717, 1.165) is 24.9 Å². The van der Waals surface area contributed by atoms with Gasteiger partial charge >= 0.3 is 5.97 Å². The van der Waals surface area contributed by atoms with Crippen molar-refractivity contribution in [2.75, 3.05) is 19.6 Å². The molecule has 0 aliphatic carbocycles. The summed E-state index contributed by atoms with van der Waals surface area (Å²) in [6, 6.07) is 0. The van der Waals surface area contributed by atoms with E-state index >= 15 is 0 Å². The zero-order chi connectivity index (χ0) is 12.1. The number of carboxylic acid groups (broad SMARTS) is 1. The summed E-state index contributed by atoms with van der Waals surface area (Å²) < 4.78 is 0. The molecule has 92 valence electrons. The summed E-state index contributed by atoms with van der Waals surface area (Å²) in [6.45, 7) is 10.7. The Labute approximate surface area is 98.1 Å². The van der Waals surface area contributed by atoms with Gasteiger partial charge in [0.25, 0.3) is 0 Å². The summed E-state index contributed by atoms with van der Waals surface area (Å²) in [5, 5.41) is 8.80. The molecule has 0 aromatic heterocycles. The monoisotopic (exact) mass is 225 g/mol. The van der Waals surface area contributed by atoms with E-state index in [2.05, 4.69) is 25.3 Å². The maximum absolute atomic E-state index is 10.7. The minimum atomic E-state index is -0.871. The lowest BCUT2D eigenvalue weighted by molar-refractivity contribution is -0.132. The highest BCUT2D eigenvalue weighted by atomic mass is 16.4. The predicted molar refractivity (Wildman–Crippen MR) is 65.4 cm³/mol. The maximum atomic E-state index is 10.7. The summed E-state index contributed by atoms with van der Waals surface area (Å²) in [4.78, 5) is 12.9. The molecular formula is C13H23NO2. The lowest BCUT2D eigenvalue weighted by atomic mass is 9.89. The van der Waals surface area contributed by atoms with Crippen LogP contribution in [-0.2, 0) is 4.79 Å². The van der Waals surface area contributed by atoms with E-state index in [9.17, 15) is 4.79 Å². The number of aliphatic carboxylic acids is 1. The normalized spacial score (nSPS) is 23.1. The Bertz CT molecular complexity index is 261. The van der Waals surface area contributed by atoms with Gasteiger partial charge in [0.1, 0.15) is 0 Å². The van der Waals surface area contributed by atoms with Crippen molar-refractivity contribution >= 4 is 5.97 Å². The number of likely N-dealkylation sites (tertiary alicyclic amines) is 1. The largest absolute Gasteiger partial charge is 0.478 e. The fourth-order valence-corrected chi connectivity index (χ4v) is 2.34. The molecule has 3 nitrogen and oxygen atoms in total. The third kappa shape index (κ3) is 3.97. The van der Waals surface area contributed by atoms with Crippen LogP contribution in [0.5, 0.6) is 0 Å². The molecule has 1 aliphatic heterocycles. The van der Waals surface area contributed by atoms with E-state index in [1.165, 1.54) is 19.3 Å². The first-order valence-corrected chi connectivity index (χ1v) is 6.14. The topological polar surface area (TPSA) is 40.5 Å². The van der Waals surface area contributed by atoms with E-state index in [1.807, 2.05) is 0 Å². The zero-order valence-corrected chi connectivity index (χ0v) is 10.4. The summed E-state index contributed by atoms with van der Waals surface area (Å²) in [5.41, 5.74) is 0.308. The summed E-state index contributed by atoms with van der Waals surface area (Å²) in [6.07, 6.45) is 3.63. The van der Waals surface area contributed by atoms with Gasteiger partial charge in [0.05, 0.1) is 0 Å². The van der Waals surface area contributed by atoms with Crippen molar-refractivity contribution in [3.05, 3.63) is 12.2 Å². The molecule has 1 atom stereocenters. The van der Waals surface area contributed by atoms with Crippen LogP contribution in [0.1, 0.15) is 33.1 Å². The van der Waals surface area contributed by atoms with Crippen LogP contribution in [0.15, 0.2) is 12.2 Å². The Kier molecular flexibility index (Phi) is 5.00. The molecule has 1 fully saturated rings. The van der Waals surface area contributed by atoms with Gasteiger partial charge < -0.3 is 5.11 Å². The molecule has 1 unspecified atom stereocenters. The lowest BCUT2D eigenvalue weighted by Crippen LogP contribution is -2.29. The Hall–Kier alpha value is -0.830. The van der Waals surface area contributed by atoms with Gasteiger partial charge in [-0.25, -0.2) is 4.79 Å². The minimum Gasteiger partial charge on any atom is -0.478 e. The molecule has 1 aliphatic rings. The highest BCUT2D eigenvalue weighted by Gasteiger charge is 2.20. The first-order chi connectivity index (χ1) is 7.50. The Morgan fingerprint density at radius 1 is 1.44 bits per heavy atom. The third-order valence-electron chi connectivity index (χ3n) is 3.53. The fourth-order valence-electron chi connectivity index (χ4n) is 2.34. The second-order valence-corrected chi connectivity index (χ2v) is 5.12. The molecule has 0 amide bonds. The number of rotatable bonds is 4. The van der Waals surface area contributed by atoms with Crippen LogP contribution < -0.4 is 0 Å². The van der Waals surface area contributed by atoms with Crippen molar-refractivity contribution in [1.29, 1.82) is 0 Å². The van der Waals surface area contributed by atoms with Crippen molar-refractivity contribution in [1.82, 2.24) is 4.90 Å². The van der Waals surface area contributed by atoms with Crippen LogP contribution in [0.4, 0.5) is 0 Å². The Morgan fingerprint density at radius 3 is 2.69 bits per heavy atom.